The predicted octanol–water partition coefficient (Wildman–Crippen LogP) is 6.04. The van der Waals surface area contributed by atoms with Crippen LogP contribution in [0.1, 0.15) is 69.5 Å². The lowest BCUT2D eigenvalue weighted by Crippen LogP contribution is -2.37. The standard InChI is InChI=1S/C33H41ClFN7O/c1-20(2)5-3-6-21-15-26(31(35)27(34)16-21)29-17-23-19-42(33(43)41-32(23)40-29)25-11-9-22(10-12-25)28-8-4-7-24(39-28)13-14-38-30(37)18-36/h9-12,15-17,19-20,24,28,39H,3-8,13-14,18,36H2,1-2H3,(H2,37,38)(H,40,41,43)/t24-,28-/m0/s1. The van der Waals surface area contributed by atoms with E-state index in [1.54, 1.807) is 12.3 Å². The summed E-state index contributed by atoms with van der Waals surface area (Å²) in [5, 5.41) is 4.53. The van der Waals surface area contributed by atoms with Crippen LogP contribution in [0.5, 0.6) is 0 Å². The fourth-order valence-electron chi connectivity index (χ4n) is 5.83. The number of H-pyrrole nitrogens is 1. The maximum atomic E-state index is 15.1. The van der Waals surface area contributed by atoms with Gasteiger partial charge in [0.05, 0.1) is 22.9 Å². The summed E-state index contributed by atoms with van der Waals surface area (Å²) < 4.78 is 16.7. The summed E-state index contributed by atoms with van der Waals surface area (Å²) in [5.74, 6) is 0.603. The first kappa shape index (κ1) is 30.9. The van der Waals surface area contributed by atoms with E-state index in [1.165, 1.54) is 10.1 Å². The number of nitrogens with zero attached hydrogens (tertiary/aromatic N) is 3. The van der Waals surface area contributed by atoms with Gasteiger partial charge in [-0.15, -0.1) is 0 Å². The van der Waals surface area contributed by atoms with E-state index >= 15 is 4.39 Å². The van der Waals surface area contributed by atoms with Gasteiger partial charge in [0.1, 0.15) is 11.5 Å². The molecule has 1 fully saturated rings. The SMILES string of the molecule is CC(C)CCCc1cc(Cl)c(F)c(-c2cc3cn(-c4ccc([C@@H]5CCC[C@@H](CCN=C(N)CN)N5)cc4)c(=O)nc3[nH]2)c1. The van der Waals surface area contributed by atoms with Gasteiger partial charge in [-0.2, -0.15) is 4.98 Å². The number of amidine groups is 1. The predicted molar refractivity (Wildman–Crippen MR) is 174 cm³/mol. The quantitative estimate of drug-likeness (QED) is 0.122. The molecule has 43 heavy (non-hydrogen) atoms. The molecule has 2 aromatic carbocycles. The van der Waals surface area contributed by atoms with Crippen molar-refractivity contribution < 1.29 is 4.39 Å². The molecule has 6 N–H and O–H groups in total. The first-order chi connectivity index (χ1) is 20.7. The third kappa shape index (κ3) is 7.52. The molecule has 0 spiro atoms. The number of aromatic nitrogens is 3. The summed E-state index contributed by atoms with van der Waals surface area (Å²) in [6.45, 7) is 5.32. The molecule has 0 amide bonds. The van der Waals surface area contributed by atoms with Gasteiger partial charge < -0.3 is 21.8 Å². The van der Waals surface area contributed by atoms with Gasteiger partial charge in [-0.3, -0.25) is 9.56 Å². The largest absolute Gasteiger partial charge is 0.386 e. The molecule has 1 saturated heterocycles. The Balaban J connectivity index is 1.34. The molecule has 0 saturated carbocycles. The molecule has 8 nitrogen and oxygen atoms in total. The smallest absolute Gasteiger partial charge is 0.354 e. The van der Waals surface area contributed by atoms with Gasteiger partial charge >= 0.3 is 5.69 Å². The molecule has 0 aliphatic carbocycles. The van der Waals surface area contributed by atoms with Crippen LogP contribution in [-0.2, 0) is 6.42 Å². The van der Waals surface area contributed by atoms with E-state index < -0.39 is 11.5 Å². The molecular formula is C33H41ClFN7O. The van der Waals surface area contributed by atoms with Gasteiger partial charge in [-0.25, -0.2) is 9.18 Å². The fourth-order valence-corrected chi connectivity index (χ4v) is 6.07. The molecule has 2 atom stereocenters. The van der Waals surface area contributed by atoms with Crippen molar-refractivity contribution in [3.63, 3.8) is 0 Å². The van der Waals surface area contributed by atoms with Crippen molar-refractivity contribution in [3.8, 4) is 16.9 Å². The molecule has 5 rings (SSSR count). The maximum absolute atomic E-state index is 15.1. The Morgan fingerprint density at radius 2 is 2.00 bits per heavy atom. The number of fused-ring (bicyclic) bond motifs is 1. The van der Waals surface area contributed by atoms with Crippen LogP contribution in [0.4, 0.5) is 4.39 Å². The first-order valence-electron chi connectivity index (χ1n) is 15.2. The van der Waals surface area contributed by atoms with Crippen LogP contribution < -0.4 is 22.5 Å². The number of halogens is 2. The molecule has 0 bridgehead atoms. The summed E-state index contributed by atoms with van der Waals surface area (Å²) in [4.78, 5) is 24.7. The second kappa shape index (κ2) is 13.8. The number of hydrogen-bond acceptors (Lipinski definition) is 5. The summed E-state index contributed by atoms with van der Waals surface area (Å²) in [6, 6.07) is 13.9. The Morgan fingerprint density at radius 3 is 2.74 bits per heavy atom. The van der Waals surface area contributed by atoms with Gasteiger partial charge in [0.25, 0.3) is 0 Å². The maximum Gasteiger partial charge on any atom is 0.354 e. The normalized spacial score (nSPS) is 17.7. The van der Waals surface area contributed by atoms with Crippen molar-refractivity contribution in [3.05, 3.63) is 81.1 Å². The summed E-state index contributed by atoms with van der Waals surface area (Å²) >= 11 is 6.28. The van der Waals surface area contributed by atoms with E-state index in [1.807, 2.05) is 24.3 Å². The van der Waals surface area contributed by atoms with E-state index in [2.05, 4.69) is 46.3 Å². The number of hydrogen-bond donors (Lipinski definition) is 4. The van der Waals surface area contributed by atoms with Crippen molar-refractivity contribution in [1.29, 1.82) is 0 Å². The lowest BCUT2D eigenvalue weighted by molar-refractivity contribution is 0.315. The number of piperidine rings is 1. The second-order valence-electron chi connectivity index (χ2n) is 11.9. The number of aromatic amines is 1. The zero-order chi connectivity index (χ0) is 30.5. The van der Waals surface area contributed by atoms with Crippen LogP contribution in [-0.4, -0.2) is 39.5 Å². The summed E-state index contributed by atoms with van der Waals surface area (Å²) in [7, 11) is 0. The minimum Gasteiger partial charge on any atom is -0.386 e. The lowest BCUT2D eigenvalue weighted by Gasteiger charge is -2.31. The molecule has 0 unspecified atom stereocenters. The number of rotatable bonds is 11. The molecule has 10 heteroatoms. The van der Waals surface area contributed by atoms with Crippen molar-refractivity contribution in [1.82, 2.24) is 19.9 Å². The topological polar surface area (TPSA) is 127 Å². The Labute approximate surface area is 256 Å². The summed E-state index contributed by atoms with van der Waals surface area (Å²) in [6.07, 6.45) is 8.84. The van der Waals surface area contributed by atoms with Crippen molar-refractivity contribution in [2.75, 3.05) is 13.1 Å². The average Bonchev–Trinajstić information content (AvgIpc) is 3.41. The third-order valence-electron chi connectivity index (χ3n) is 8.19. The van der Waals surface area contributed by atoms with E-state index in [-0.39, 0.29) is 17.6 Å². The molecule has 0 radical (unpaired) electrons. The van der Waals surface area contributed by atoms with Crippen LogP contribution in [0.15, 0.2) is 58.4 Å². The van der Waals surface area contributed by atoms with Crippen LogP contribution in [0.2, 0.25) is 5.02 Å². The van der Waals surface area contributed by atoms with Gasteiger partial charge in [-0.05, 0) is 79.5 Å². The highest BCUT2D eigenvalue weighted by Gasteiger charge is 2.22. The highest BCUT2D eigenvalue weighted by Crippen LogP contribution is 2.32. The van der Waals surface area contributed by atoms with Crippen LogP contribution >= 0.6 is 11.6 Å². The number of aliphatic imine (C=N–C) groups is 1. The zero-order valence-corrected chi connectivity index (χ0v) is 25.6. The Kier molecular flexibility index (Phi) is 9.95. The van der Waals surface area contributed by atoms with E-state index in [9.17, 15) is 4.79 Å². The van der Waals surface area contributed by atoms with E-state index in [0.29, 0.717) is 52.3 Å². The van der Waals surface area contributed by atoms with Gasteiger partial charge in [0, 0.05) is 35.8 Å². The number of nitrogens with one attached hydrogen (secondary N) is 2. The molecular weight excluding hydrogens is 565 g/mol. The van der Waals surface area contributed by atoms with Crippen LogP contribution in [0, 0.1) is 11.7 Å². The van der Waals surface area contributed by atoms with Crippen molar-refractivity contribution in [2.24, 2.45) is 22.4 Å². The second-order valence-corrected chi connectivity index (χ2v) is 12.3. The fraction of sp³-hybridized carbons (Fsp3) is 0.424. The van der Waals surface area contributed by atoms with E-state index in [4.69, 9.17) is 23.1 Å². The molecule has 1 aliphatic rings. The van der Waals surface area contributed by atoms with Crippen molar-refractivity contribution in [2.45, 2.75) is 70.9 Å². The van der Waals surface area contributed by atoms with Crippen molar-refractivity contribution >= 4 is 28.5 Å². The minimum atomic E-state index is -0.488. The minimum absolute atomic E-state index is 0.0897. The molecule has 228 valence electrons. The number of nitrogens with two attached hydrogens (primary N) is 2. The first-order valence-corrected chi connectivity index (χ1v) is 15.6. The highest BCUT2D eigenvalue weighted by molar-refractivity contribution is 6.31. The lowest BCUT2D eigenvalue weighted by atomic mass is 9.92. The Bertz CT molecular complexity index is 1640. The molecule has 4 aromatic rings. The Morgan fingerprint density at radius 1 is 1.21 bits per heavy atom. The summed E-state index contributed by atoms with van der Waals surface area (Å²) in [5.41, 5.74) is 15.0. The monoisotopic (exact) mass is 605 g/mol. The van der Waals surface area contributed by atoms with Crippen LogP contribution in [0.3, 0.4) is 0 Å². The number of aryl methyl sites for hydroxylation is 1. The van der Waals surface area contributed by atoms with Gasteiger partial charge in [0.15, 0.2) is 5.82 Å². The molecule has 2 aromatic heterocycles. The zero-order valence-electron chi connectivity index (χ0n) is 24.9. The van der Waals surface area contributed by atoms with Crippen LogP contribution in [0.25, 0.3) is 28.0 Å². The number of benzene rings is 2. The molecule has 1 aliphatic heterocycles. The Hall–Kier alpha value is -3.53. The average molecular weight is 606 g/mol. The van der Waals surface area contributed by atoms with Gasteiger partial charge in [-0.1, -0.05) is 50.4 Å². The van der Waals surface area contributed by atoms with Gasteiger partial charge in [0.2, 0.25) is 0 Å². The molecule has 3 heterocycles. The third-order valence-corrected chi connectivity index (χ3v) is 8.47. The highest BCUT2D eigenvalue weighted by atomic mass is 35.5. The van der Waals surface area contributed by atoms with E-state index in [0.717, 1.165) is 50.5 Å².